The second kappa shape index (κ2) is 9.24. The first-order chi connectivity index (χ1) is 14.1. The summed E-state index contributed by atoms with van der Waals surface area (Å²) >= 11 is 1.65. The molecular weight excluding hydrogens is 382 g/mol. The fourth-order valence-corrected chi connectivity index (χ4v) is 5.73. The Balaban J connectivity index is 1.57. The van der Waals surface area contributed by atoms with Crippen molar-refractivity contribution in [1.82, 2.24) is 14.7 Å². The highest BCUT2D eigenvalue weighted by Crippen LogP contribution is 2.30. The van der Waals surface area contributed by atoms with Gasteiger partial charge in [-0.05, 0) is 50.8 Å². The van der Waals surface area contributed by atoms with Crippen LogP contribution in [0.2, 0.25) is 0 Å². The number of aryl methyl sites for hydroxylation is 1. The standard InChI is InChI=1S/C23H31N3O2S/c1-17-12-14-21(29-17)20-13-15-22(27)25(24-20)16-23(28)26(18-8-4-2-5-9-18)19-10-6-3-7-11-19/h12-15,18-19H,2-11,16H2,1H3. The number of carbonyl (C=O) groups is 1. The number of aromatic nitrogens is 2. The van der Waals surface area contributed by atoms with E-state index in [9.17, 15) is 9.59 Å². The first-order valence-corrected chi connectivity index (χ1v) is 11.9. The second-order valence-corrected chi connectivity index (χ2v) is 9.80. The summed E-state index contributed by atoms with van der Waals surface area (Å²) in [6.45, 7) is 2.10. The number of rotatable bonds is 5. The fourth-order valence-electron chi connectivity index (χ4n) is 4.90. The third-order valence-corrected chi connectivity index (χ3v) is 7.39. The summed E-state index contributed by atoms with van der Waals surface area (Å²) in [5.41, 5.74) is 0.556. The summed E-state index contributed by atoms with van der Waals surface area (Å²) in [5.74, 6) is 0.0675. The maximum atomic E-state index is 13.4. The van der Waals surface area contributed by atoms with E-state index in [2.05, 4.69) is 23.0 Å². The topological polar surface area (TPSA) is 55.2 Å². The van der Waals surface area contributed by atoms with E-state index >= 15 is 0 Å². The van der Waals surface area contributed by atoms with Gasteiger partial charge in [0.2, 0.25) is 5.91 Å². The van der Waals surface area contributed by atoms with Gasteiger partial charge in [0.1, 0.15) is 12.2 Å². The van der Waals surface area contributed by atoms with Gasteiger partial charge < -0.3 is 4.90 Å². The predicted molar refractivity (Wildman–Crippen MR) is 117 cm³/mol. The van der Waals surface area contributed by atoms with Crippen LogP contribution < -0.4 is 5.56 Å². The average Bonchev–Trinajstić information content (AvgIpc) is 3.18. The molecule has 2 aliphatic carbocycles. The molecule has 1 amide bonds. The molecule has 4 rings (SSSR count). The van der Waals surface area contributed by atoms with Crippen LogP contribution in [0.15, 0.2) is 29.1 Å². The highest BCUT2D eigenvalue weighted by molar-refractivity contribution is 7.15. The Labute approximate surface area is 176 Å². The van der Waals surface area contributed by atoms with Gasteiger partial charge in [-0.2, -0.15) is 5.10 Å². The number of hydrogen-bond donors (Lipinski definition) is 0. The molecule has 2 aliphatic rings. The molecule has 29 heavy (non-hydrogen) atoms. The summed E-state index contributed by atoms with van der Waals surface area (Å²) in [5, 5.41) is 4.54. The molecule has 2 fully saturated rings. The lowest BCUT2D eigenvalue weighted by molar-refractivity contribution is -0.139. The van der Waals surface area contributed by atoms with E-state index in [1.54, 1.807) is 17.4 Å². The number of nitrogens with zero attached hydrogens (tertiary/aromatic N) is 3. The van der Waals surface area contributed by atoms with E-state index in [0.29, 0.717) is 12.1 Å². The van der Waals surface area contributed by atoms with Crippen LogP contribution in [0.3, 0.4) is 0 Å². The van der Waals surface area contributed by atoms with Gasteiger partial charge in [0.05, 0.1) is 4.88 Å². The Bertz CT molecular complexity index is 874. The first-order valence-electron chi connectivity index (χ1n) is 11.1. The van der Waals surface area contributed by atoms with E-state index in [4.69, 9.17) is 0 Å². The zero-order chi connectivity index (χ0) is 20.2. The Kier molecular flexibility index (Phi) is 6.48. The molecule has 0 radical (unpaired) electrons. The summed E-state index contributed by atoms with van der Waals surface area (Å²) in [7, 11) is 0. The smallest absolute Gasteiger partial charge is 0.267 e. The van der Waals surface area contributed by atoms with E-state index in [-0.39, 0.29) is 18.0 Å². The van der Waals surface area contributed by atoms with Crippen molar-refractivity contribution in [3.8, 4) is 10.6 Å². The van der Waals surface area contributed by atoms with Crippen molar-refractivity contribution in [2.75, 3.05) is 0 Å². The quantitative estimate of drug-likeness (QED) is 0.709. The van der Waals surface area contributed by atoms with E-state index < -0.39 is 0 Å². The summed E-state index contributed by atoms with van der Waals surface area (Å²) in [6, 6.07) is 8.03. The van der Waals surface area contributed by atoms with Crippen LogP contribution in [0.4, 0.5) is 0 Å². The SMILES string of the molecule is Cc1ccc(-c2ccc(=O)n(CC(=O)N(C3CCCCC3)C3CCCCC3)n2)s1. The molecule has 156 valence electrons. The lowest BCUT2D eigenvalue weighted by Crippen LogP contribution is -2.50. The molecule has 2 saturated carbocycles. The van der Waals surface area contributed by atoms with Crippen molar-refractivity contribution in [2.45, 2.75) is 89.8 Å². The Hall–Kier alpha value is -1.95. The molecule has 2 heterocycles. The fraction of sp³-hybridized carbons (Fsp3) is 0.609. The van der Waals surface area contributed by atoms with Crippen molar-refractivity contribution < 1.29 is 4.79 Å². The second-order valence-electron chi connectivity index (χ2n) is 8.51. The summed E-state index contributed by atoms with van der Waals surface area (Å²) in [4.78, 5) is 30.3. The van der Waals surface area contributed by atoms with E-state index in [1.165, 1.54) is 54.2 Å². The predicted octanol–water partition coefficient (Wildman–Crippen LogP) is 4.77. The molecule has 0 aromatic carbocycles. The van der Waals surface area contributed by atoms with Crippen LogP contribution in [-0.2, 0) is 11.3 Å². The van der Waals surface area contributed by atoms with Crippen LogP contribution >= 0.6 is 11.3 Å². The maximum absolute atomic E-state index is 13.4. The van der Waals surface area contributed by atoms with Crippen molar-refractivity contribution in [3.63, 3.8) is 0 Å². The number of carbonyl (C=O) groups excluding carboxylic acids is 1. The molecule has 0 bridgehead atoms. The van der Waals surface area contributed by atoms with Crippen LogP contribution in [0.1, 0.15) is 69.1 Å². The van der Waals surface area contributed by atoms with E-state index in [1.807, 2.05) is 6.07 Å². The first kappa shape index (κ1) is 20.3. The van der Waals surface area contributed by atoms with Gasteiger partial charge in [-0.25, -0.2) is 4.68 Å². The van der Waals surface area contributed by atoms with Crippen LogP contribution in [-0.4, -0.2) is 32.7 Å². The molecule has 2 aromatic heterocycles. The lowest BCUT2D eigenvalue weighted by Gasteiger charge is -2.41. The van der Waals surface area contributed by atoms with Crippen molar-refractivity contribution in [1.29, 1.82) is 0 Å². The molecule has 0 aliphatic heterocycles. The normalized spacial score (nSPS) is 18.7. The van der Waals surface area contributed by atoms with Crippen LogP contribution in [0.5, 0.6) is 0 Å². The molecule has 0 unspecified atom stereocenters. The monoisotopic (exact) mass is 413 g/mol. The van der Waals surface area contributed by atoms with Gasteiger partial charge >= 0.3 is 0 Å². The van der Waals surface area contributed by atoms with Gasteiger partial charge in [-0.15, -0.1) is 11.3 Å². The van der Waals surface area contributed by atoms with Crippen molar-refractivity contribution in [3.05, 3.63) is 39.5 Å². The van der Waals surface area contributed by atoms with Crippen LogP contribution in [0, 0.1) is 6.92 Å². The number of thiophene rings is 1. The van der Waals surface area contributed by atoms with Gasteiger partial charge in [0.25, 0.3) is 5.56 Å². The minimum absolute atomic E-state index is 0.0457. The molecule has 0 N–H and O–H groups in total. The zero-order valence-corrected chi connectivity index (χ0v) is 18.1. The summed E-state index contributed by atoms with van der Waals surface area (Å²) < 4.78 is 1.37. The summed E-state index contributed by atoms with van der Waals surface area (Å²) in [6.07, 6.45) is 11.7. The van der Waals surface area contributed by atoms with E-state index in [0.717, 1.165) is 36.3 Å². The molecule has 0 saturated heterocycles. The zero-order valence-electron chi connectivity index (χ0n) is 17.3. The Morgan fingerprint density at radius 1 is 1.00 bits per heavy atom. The molecule has 2 aromatic rings. The van der Waals surface area contributed by atoms with Gasteiger partial charge in [-0.3, -0.25) is 9.59 Å². The molecule has 0 atom stereocenters. The van der Waals surface area contributed by atoms with Gasteiger partial charge in [0.15, 0.2) is 0 Å². The van der Waals surface area contributed by atoms with Crippen molar-refractivity contribution >= 4 is 17.2 Å². The molecule has 6 heteroatoms. The molecule has 5 nitrogen and oxygen atoms in total. The Morgan fingerprint density at radius 2 is 1.62 bits per heavy atom. The average molecular weight is 414 g/mol. The maximum Gasteiger partial charge on any atom is 0.267 e. The number of amides is 1. The third kappa shape index (κ3) is 4.80. The largest absolute Gasteiger partial charge is 0.335 e. The Morgan fingerprint density at radius 3 is 2.17 bits per heavy atom. The minimum atomic E-state index is -0.206. The van der Waals surface area contributed by atoms with Gasteiger partial charge in [0, 0.05) is 23.0 Å². The third-order valence-electron chi connectivity index (χ3n) is 6.37. The number of hydrogen-bond acceptors (Lipinski definition) is 4. The highest BCUT2D eigenvalue weighted by Gasteiger charge is 2.32. The lowest BCUT2D eigenvalue weighted by atomic mass is 9.88. The highest BCUT2D eigenvalue weighted by atomic mass is 32.1. The van der Waals surface area contributed by atoms with Crippen LogP contribution in [0.25, 0.3) is 10.6 Å². The molecule has 0 spiro atoms. The van der Waals surface area contributed by atoms with Gasteiger partial charge in [-0.1, -0.05) is 38.5 Å². The minimum Gasteiger partial charge on any atom is -0.335 e. The van der Waals surface area contributed by atoms with Crippen molar-refractivity contribution in [2.24, 2.45) is 0 Å². The molecular formula is C23H31N3O2S.